The molecule has 108 valence electrons. The van der Waals surface area contributed by atoms with Crippen molar-refractivity contribution in [2.45, 2.75) is 25.3 Å². The summed E-state index contributed by atoms with van der Waals surface area (Å²) >= 11 is 5.82. The first-order valence-electron chi connectivity index (χ1n) is 7.14. The zero-order valence-corrected chi connectivity index (χ0v) is 12.6. The summed E-state index contributed by atoms with van der Waals surface area (Å²) in [6.45, 7) is 2.88. The molecule has 2 aromatic rings. The van der Waals surface area contributed by atoms with Crippen LogP contribution in [0.4, 0.5) is 0 Å². The van der Waals surface area contributed by atoms with Gasteiger partial charge in [-0.1, -0.05) is 41.9 Å². The van der Waals surface area contributed by atoms with Crippen molar-refractivity contribution in [2.24, 2.45) is 0 Å². The molecule has 3 rings (SSSR count). The third-order valence-corrected chi connectivity index (χ3v) is 4.41. The molecule has 0 N–H and O–H groups in total. The molecule has 1 aromatic heterocycles. The van der Waals surface area contributed by atoms with Gasteiger partial charge in [0.25, 0.3) is 5.91 Å². The number of nitrogens with zero attached hydrogens (tertiary/aromatic N) is 2. The lowest BCUT2D eigenvalue weighted by Crippen LogP contribution is -2.35. The van der Waals surface area contributed by atoms with Crippen molar-refractivity contribution in [1.82, 2.24) is 9.88 Å². The fourth-order valence-electron chi connectivity index (χ4n) is 3.02. The Hall–Kier alpha value is -1.87. The number of carbonyl (C=O) groups excluding carboxylic acids is 1. The molecule has 21 heavy (non-hydrogen) atoms. The number of hydrogen-bond donors (Lipinski definition) is 0. The first-order valence-corrected chi connectivity index (χ1v) is 7.52. The predicted octanol–water partition coefficient (Wildman–Crippen LogP) is 3.75. The Labute approximate surface area is 129 Å². The van der Waals surface area contributed by atoms with Crippen molar-refractivity contribution >= 4 is 17.5 Å². The molecule has 0 aliphatic carbocycles. The summed E-state index contributed by atoms with van der Waals surface area (Å²) in [4.78, 5) is 18.6. The van der Waals surface area contributed by atoms with E-state index in [0.29, 0.717) is 16.6 Å². The Balaban J connectivity index is 1.79. The molecule has 2 atom stereocenters. The van der Waals surface area contributed by atoms with Gasteiger partial charge in [0.05, 0.1) is 5.02 Å². The topological polar surface area (TPSA) is 33.2 Å². The average Bonchev–Trinajstić information content (AvgIpc) is 2.90. The summed E-state index contributed by atoms with van der Waals surface area (Å²) in [5.41, 5.74) is 1.75. The summed E-state index contributed by atoms with van der Waals surface area (Å²) in [7, 11) is 0. The normalized spacial score (nSPS) is 21.5. The van der Waals surface area contributed by atoms with Crippen molar-refractivity contribution in [2.75, 3.05) is 6.54 Å². The average molecular weight is 301 g/mol. The van der Waals surface area contributed by atoms with Gasteiger partial charge in [-0.15, -0.1) is 0 Å². The van der Waals surface area contributed by atoms with Crippen LogP contribution in [-0.2, 0) is 0 Å². The Kier molecular flexibility index (Phi) is 3.93. The number of carbonyl (C=O) groups is 1. The smallest absolute Gasteiger partial charge is 0.272 e. The van der Waals surface area contributed by atoms with Crippen LogP contribution in [0.1, 0.15) is 35.3 Å². The maximum absolute atomic E-state index is 12.6. The number of likely N-dealkylation sites (tertiary alicyclic amines) is 1. The highest BCUT2D eigenvalue weighted by atomic mass is 35.5. The van der Waals surface area contributed by atoms with E-state index in [9.17, 15) is 4.79 Å². The summed E-state index contributed by atoms with van der Waals surface area (Å²) in [6, 6.07) is 14.0. The van der Waals surface area contributed by atoms with E-state index in [0.717, 1.165) is 13.0 Å². The van der Waals surface area contributed by atoms with Gasteiger partial charge in [-0.2, -0.15) is 0 Å². The quantitative estimate of drug-likeness (QED) is 0.846. The summed E-state index contributed by atoms with van der Waals surface area (Å²) in [5.74, 6) is 0.375. The monoisotopic (exact) mass is 300 g/mol. The van der Waals surface area contributed by atoms with E-state index in [-0.39, 0.29) is 11.9 Å². The maximum Gasteiger partial charge on any atom is 0.272 e. The largest absolute Gasteiger partial charge is 0.334 e. The Morgan fingerprint density at radius 3 is 2.67 bits per heavy atom. The van der Waals surface area contributed by atoms with E-state index >= 15 is 0 Å². The predicted molar refractivity (Wildman–Crippen MR) is 83.5 cm³/mol. The van der Waals surface area contributed by atoms with E-state index < -0.39 is 0 Å². The van der Waals surface area contributed by atoms with Crippen molar-refractivity contribution < 1.29 is 4.79 Å². The van der Waals surface area contributed by atoms with Gasteiger partial charge in [-0.05, 0) is 31.0 Å². The van der Waals surface area contributed by atoms with E-state index in [4.69, 9.17) is 11.6 Å². The zero-order valence-electron chi connectivity index (χ0n) is 11.9. The molecule has 1 amide bonds. The van der Waals surface area contributed by atoms with Crippen LogP contribution in [0, 0.1) is 0 Å². The molecule has 0 spiro atoms. The molecule has 2 heterocycles. The van der Waals surface area contributed by atoms with Crippen molar-refractivity contribution in [3.05, 3.63) is 64.9 Å². The molecule has 0 bridgehead atoms. The van der Waals surface area contributed by atoms with Crippen LogP contribution in [0.2, 0.25) is 5.02 Å². The number of rotatable bonds is 2. The highest BCUT2D eigenvalue weighted by Crippen LogP contribution is 2.33. The Bertz CT molecular complexity index is 627. The van der Waals surface area contributed by atoms with Gasteiger partial charge in [0.1, 0.15) is 5.69 Å². The maximum atomic E-state index is 12.6. The van der Waals surface area contributed by atoms with Crippen molar-refractivity contribution in [1.29, 1.82) is 0 Å². The van der Waals surface area contributed by atoms with E-state index in [1.54, 1.807) is 12.1 Å². The first-order chi connectivity index (χ1) is 10.2. The molecule has 0 radical (unpaired) electrons. The van der Waals surface area contributed by atoms with Crippen LogP contribution >= 0.6 is 11.6 Å². The second kappa shape index (κ2) is 5.86. The molecule has 0 saturated carbocycles. The minimum Gasteiger partial charge on any atom is -0.334 e. The summed E-state index contributed by atoms with van der Waals surface area (Å²) in [5, 5.41) is 0.545. The Morgan fingerprint density at radius 1 is 1.24 bits per heavy atom. The highest BCUT2D eigenvalue weighted by Gasteiger charge is 2.35. The number of halogens is 1. The second-order valence-corrected chi connectivity index (χ2v) is 5.84. The lowest BCUT2D eigenvalue weighted by molar-refractivity contribution is 0.0736. The van der Waals surface area contributed by atoms with Crippen LogP contribution in [0.15, 0.2) is 48.7 Å². The summed E-state index contributed by atoms with van der Waals surface area (Å²) < 4.78 is 0. The van der Waals surface area contributed by atoms with Gasteiger partial charge in [-0.25, -0.2) is 4.98 Å². The molecule has 1 aromatic carbocycles. The molecule has 1 fully saturated rings. The first kappa shape index (κ1) is 14.1. The minimum atomic E-state index is -0.0161. The van der Waals surface area contributed by atoms with E-state index in [1.807, 2.05) is 23.1 Å². The number of amides is 1. The number of aromatic nitrogens is 1. The van der Waals surface area contributed by atoms with Gasteiger partial charge >= 0.3 is 0 Å². The molecule has 1 saturated heterocycles. The van der Waals surface area contributed by atoms with Crippen LogP contribution in [0.5, 0.6) is 0 Å². The van der Waals surface area contributed by atoms with E-state index in [2.05, 4.69) is 24.0 Å². The molecule has 4 heteroatoms. The zero-order chi connectivity index (χ0) is 14.8. The molecule has 3 nitrogen and oxygen atoms in total. The minimum absolute atomic E-state index is 0.0161. The standard InChI is InChI=1S/C17H17ClN2O/c1-12-15(13-5-3-2-4-6-13)9-10-20(12)17(21)16-8-7-14(18)11-19-16/h2-8,11-12,15H,9-10H2,1H3/t12-,15+/m1/s1. The van der Waals surface area contributed by atoms with Gasteiger partial charge in [0.2, 0.25) is 0 Å². The van der Waals surface area contributed by atoms with Crippen LogP contribution in [-0.4, -0.2) is 28.4 Å². The SMILES string of the molecule is C[C@@H]1[C@@H](c2ccccc2)CCN1C(=O)c1ccc(Cl)cn1. The van der Waals surface area contributed by atoms with Crippen molar-refractivity contribution in [3.63, 3.8) is 0 Å². The fourth-order valence-corrected chi connectivity index (χ4v) is 3.13. The molecule has 1 aliphatic heterocycles. The third-order valence-electron chi connectivity index (χ3n) is 4.19. The van der Waals surface area contributed by atoms with Crippen LogP contribution in [0.3, 0.4) is 0 Å². The van der Waals surface area contributed by atoms with Gasteiger partial charge in [0, 0.05) is 24.7 Å². The number of benzene rings is 1. The van der Waals surface area contributed by atoms with Crippen LogP contribution in [0.25, 0.3) is 0 Å². The molecular formula is C17H17ClN2O. The molecule has 0 unspecified atom stereocenters. The van der Waals surface area contributed by atoms with Gasteiger partial charge < -0.3 is 4.90 Å². The number of pyridine rings is 1. The van der Waals surface area contributed by atoms with E-state index in [1.165, 1.54) is 11.8 Å². The molecule has 1 aliphatic rings. The molecular weight excluding hydrogens is 284 g/mol. The highest BCUT2D eigenvalue weighted by molar-refractivity contribution is 6.30. The lowest BCUT2D eigenvalue weighted by Gasteiger charge is -2.24. The second-order valence-electron chi connectivity index (χ2n) is 5.41. The number of hydrogen-bond acceptors (Lipinski definition) is 2. The van der Waals surface area contributed by atoms with Gasteiger partial charge in [0.15, 0.2) is 0 Å². The third kappa shape index (κ3) is 2.79. The Morgan fingerprint density at radius 2 is 2.00 bits per heavy atom. The fraction of sp³-hybridized carbons (Fsp3) is 0.294. The summed E-state index contributed by atoms with van der Waals surface area (Å²) in [6.07, 6.45) is 2.51. The van der Waals surface area contributed by atoms with Gasteiger partial charge in [-0.3, -0.25) is 4.79 Å². The lowest BCUT2D eigenvalue weighted by atomic mass is 9.93. The van der Waals surface area contributed by atoms with Crippen LogP contribution < -0.4 is 0 Å². The van der Waals surface area contributed by atoms with Crippen molar-refractivity contribution in [3.8, 4) is 0 Å².